The summed E-state index contributed by atoms with van der Waals surface area (Å²) in [6.07, 6.45) is 88.1. The van der Waals surface area contributed by atoms with Crippen molar-refractivity contribution in [2.75, 3.05) is 13.2 Å². The molecule has 0 aromatic carbocycles. The van der Waals surface area contributed by atoms with Gasteiger partial charge in [-0.2, -0.15) is 0 Å². The van der Waals surface area contributed by atoms with Gasteiger partial charge in [-0.3, -0.25) is 9.59 Å². The van der Waals surface area contributed by atoms with Crippen LogP contribution in [0.3, 0.4) is 0 Å². The number of ether oxygens (including phenoxy) is 1. The number of carbonyl (C=O) groups is 2. The molecule has 0 saturated carbocycles. The molecule has 79 heavy (non-hydrogen) atoms. The number of aliphatic hydroxyl groups excluding tert-OH is 2. The fourth-order valence-corrected chi connectivity index (χ4v) is 11.2. The van der Waals surface area contributed by atoms with E-state index in [2.05, 4.69) is 43.5 Å². The minimum atomic E-state index is -0.843. The summed E-state index contributed by atoms with van der Waals surface area (Å²) in [7, 11) is 0. The third-order valence-corrected chi connectivity index (χ3v) is 16.6. The van der Waals surface area contributed by atoms with Crippen molar-refractivity contribution >= 4 is 11.9 Å². The molecule has 0 radical (unpaired) electrons. The largest absolute Gasteiger partial charge is 0.466 e. The van der Waals surface area contributed by atoms with Crippen molar-refractivity contribution < 1.29 is 24.5 Å². The van der Waals surface area contributed by atoms with Crippen molar-refractivity contribution in [1.29, 1.82) is 0 Å². The maximum atomic E-state index is 12.5. The Morgan fingerprint density at radius 3 is 0.924 bits per heavy atom. The molecule has 6 heteroatoms. The van der Waals surface area contributed by atoms with Crippen LogP contribution < -0.4 is 5.32 Å². The van der Waals surface area contributed by atoms with Crippen LogP contribution in [0.1, 0.15) is 393 Å². The highest BCUT2D eigenvalue weighted by atomic mass is 16.5. The van der Waals surface area contributed by atoms with E-state index < -0.39 is 12.1 Å². The minimum Gasteiger partial charge on any atom is -0.466 e. The van der Waals surface area contributed by atoms with Crippen LogP contribution in [0.15, 0.2) is 36.5 Å². The van der Waals surface area contributed by atoms with Crippen LogP contribution in [0, 0.1) is 0 Å². The van der Waals surface area contributed by atoms with E-state index in [1.807, 2.05) is 6.08 Å². The average molecular weight is 1110 g/mol. The second-order valence-corrected chi connectivity index (χ2v) is 24.6. The molecule has 0 aliphatic heterocycles. The number of rotatable bonds is 67. The molecule has 0 aromatic heterocycles. The summed E-state index contributed by atoms with van der Waals surface area (Å²) in [5, 5.41) is 23.2. The number of esters is 1. The van der Waals surface area contributed by atoms with Crippen molar-refractivity contribution in [3.63, 3.8) is 0 Å². The number of carbonyl (C=O) groups excluding carboxylic acids is 2. The Balaban J connectivity index is 3.37. The molecule has 3 N–H and O–H groups in total. The molecular weight excluding hydrogens is 971 g/mol. The van der Waals surface area contributed by atoms with Crippen LogP contribution in [0.2, 0.25) is 0 Å². The smallest absolute Gasteiger partial charge is 0.305 e. The molecule has 466 valence electrons. The van der Waals surface area contributed by atoms with Gasteiger partial charge in [0.15, 0.2) is 0 Å². The van der Waals surface area contributed by atoms with E-state index in [4.69, 9.17) is 4.74 Å². The van der Waals surface area contributed by atoms with Crippen LogP contribution in [0.25, 0.3) is 0 Å². The quantitative estimate of drug-likeness (QED) is 0.0320. The Labute approximate surface area is 494 Å². The van der Waals surface area contributed by atoms with Gasteiger partial charge in [0.2, 0.25) is 5.91 Å². The van der Waals surface area contributed by atoms with E-state index in [0.29, 0.717) is 19.4 Å². The number of allylic oxidation sites excluding steroid dienone is 5. The highest BCUT2D eigenvalue weighted by Crippen LogP contribution is 2.18. The minimum absolute atomic E-state index is 0.00856. The van der Waals surface area contributed by atoms with E-state index in [1.165, 1.54) is 321 Å². The normalized spacial score (nSPS) is 12.7. The summed E-state index contributed by atoms with van der Waals surface area (Å²) in [6.45, 7) is 4.91. The first kappa shape index (κ1) is 77.1. The first-order valence-corrected chi connectivity index (χ1v) is 35.8. The maximum absolute atomic E-state index is 12.5. The molecule has 0 fully saturated rings. The van der Waals surface area contributed by atoms with Gasteiger partial charge in [0.1, 0.15) is 0 Å². The lowest BCUT2D eigenvalue weighted by Crippen LogP contribution is -2.45. The molecule has 6 nitrogen and oxygen atoms in total. The molecule has 0 aliphatic rings. The standard InChI is InChI=1S/C73H139NO5/c1-3-5-7-9-11-13-15-17-18-36-39-42-45-49-53-57-61-65-71(76)70(69-75)74-72(77)66-62-58-54-50-46-43-40-37-34-32-30-28-26-24-22-20-19-21-23-25-27-29-31-33-35-38-41-44-48-52-56-60-64-68-79-73(78)67-63-59-55-51-47-16-14-12-10-8-6-4-2/h12,14,23,25,61,65,70-71,75-76H,3-11,13,15-22,24,26-60,62-64,66-69H2,1-2H3,(H,74,77)/b14-12-,25-23-,65-61+. The van der Waals surface area contributed by atoms with Gasteiger partial charge >= 0.3 is 5.97 Å². The zero-order valence-electron chi connectivity index (χ0n) is 53.4. The Kier molecular flexibility index (Phi) is 66.9. The monoisotopic (exact) mass is 1110 g/mol. The van der Waals surface area contributed by atoms with Crippen molar-refractivity contribution in [2.45, 2.75) is 405 Å². The number of hydrogen-bond acceptors (Lipinski definition) is 5. The number of aliphatic hydroxyl groups is 2. The van der Waals surface area contributed by atoms with E-state index in [9.17, 15) is 19.8 Å². The van der Waals surface area contributed by atoms with E-state index in [0.717, 1.165) is 44.9 Å². The molecule has 2 atom stereocenters. The zero-order valence-corrected chi connectivity index (χ0v) is 53.4. The van der Waals surface area contributed by atoms with Crippen molar-refractivity contribution in [2.24, 2.45) is 0 Å². The Hall–Kier alpha value is -1.92. The number of hydrogen-bond donors (Lipinski definition) is 3. The summed E-state index contributed by atoms with van der Waals surface area (Å²) >= 11 is 0. The molecule has 2 unspecified atom stereocenters. The van der Waals surface area contributed by atoms with E-state index in [1.54, 1.807) is 6.08 Å². The van der Waals surface area contributed by atoms with Gasteiger partial charge in [-0.25, -0.2) is 0 Å². The number of amides is 1. The van der Waals surface area contributed by atoms with Crippen LogP contribution in [0.5, 0.6) is 0 Å². The van der Waals surface area contributed by atoms with Crippen LogP contribution in [-0.2, 0) is 14.3 Å². The van der Waals surface area contributed by atoms with Gasteiger partial charge in [-0.1, -0.05) is 333 Å². The average Bonchev–Trinajstić information content (AvgIpc) is 3.45. The third-order valence-electron chi connectivity index (χ3n) is 16.6. The summed E-state index contributed by atoms with van der Waals surface area (Å²) in [6, 6.07) is -0.626. The van der Waals surface area contributed by atoms with Gasteiger partial charge in [0.05, 0.1) is 25.4 Å². The summed E-state index contributed by atoms with van der Waals surface area (Å²) in [5.41, 5.74) is 0. The van der Waals surface area contributed by atoms with E-state index in [-0.39, 0.29) is 18.5 Å². The molecule has 0 aliphatic carbocycles. The molecule has 0 saturated heterocycles. The lowest BCUT2D eigenvalue weighted by atomic mass is 10.0. The fourth-order valence-electron chi connectivity index (χ4n) is 11.2. The topological polar surface area (TPSA) is 95.9 Å². The second kappa shape index (κ2) is 68.6. The molecule has 1 amide bonds. The molecule has 0 rings (SSSR count). The van der Waals surface area contributed by atoms with Gasteiger partial charge < -0.3 is 20.3 Å². The van der Waals surface area contributed by atoms with Crippen molar-refractivity contribution in [3.05, 3.63) is 36.5 Å². The lowest BCUT2D eigenvalue weighted by Gasteiger charge is -2.20. The highest BCUT2D eigenvalue weighted by Gasteiger charge is 2.18. The van der Waals surface area contributed by atoms with Crippen molar-refractivity contribution in [1.82, 2.24) is 5.32 Å². The lowest BCUT2D eigenvalue weighted by molar-refractivity contribution is -0.143. The molecule has 0 heterocycles. The summed E-state index contributed by atoms with van der Waals surface area (Å²) < 4.78 is 5.47. The highest BCUT2D eigenvalue weighted by molar-refractivity contribution is 5.76. The van der Waals surface area contributed by atoms with Gasteiger partial charge in [0, 0.05) is 12.8 Å². The molecule has 0 bridgehead atoms. The molecule has 0 spiro atoms. The van der Waals surface area contributed by atoms with Gasteiger partial charge in [-0.05, 0) is 83.5 Å². The predicted molar refractivity (Wildman–Crippen MR) is 347 cm³/mol. The molecular formula is C73H139NO5. The van der Waals surface area contributed by atoms with Crippen LogP contribution in [-0.4, -0.2) is 47.4 Å². The Morgan fingerprint density at radius 2 is 0.595 bits per heavy atom. The van der Waals surface area contributed by atoms with Gasteiger partial charge in [-0.15, -0.1) is 0 Å². The van der Waals surface area contributed by atoms with Crippen molar-refractivity contribution in [3.8, 4) is 0 Å². The second-order valence-electron chi connectivity index (χ2n) is 24.6. The van der Waals surface area contributed by atoms with Crippen LogP contribution >= 0.6 is 0 Å². The Morgan fingerprint density at radius 1 is 0.342 bits per heavy atom. The first-order valence-electron chi connectivity index (χ1n) is 35.8. The predicted octanol–water partition coefficient (Wildman–Crippen LogP) is 23.1. The zero-order chi connectivity index (χ0) is 57.1. The number of unbranched alkanes of at least 4 members (excludes halogenated alkanes) is 52. The first-order chi connectivity index (χ1) is 39.0. The van der Waals surface area contributed by atoms with Gasteiger partial charge in [0.25, 0.3) is 0 Å². The molecule has 0 aromatic rings. The SMILES string of the molecule is CCCCC/C=C\CCCCCCCC(=O)OCCCCCCCCCCCCCC/C=C\CCCCCCCCCCCCCCCCCCCC(=O)NC(CO)C(O)/C=C/CCCCCCCCCCCCCCCCC. The number of nitrogens with one attached hydrogen (secondary N) is 1. The fraction of sp³-hybridized carbons (Fsp3) is 0.890. The Bertz CT molecular complexity index is 1280. The summed E-state index contributed by atoms with van der Waals surface area (Å²) in [5.74, 6) is -0.0534. The third kappa shape index (κ3) is 65.1. The summed E-state index contributed by atoms with van der Waals surface area (Å²) in [4.78, 5) is 24.5. The maximum Gasteiger partial charge on any atom is 0.305 e. The van der Waals surface area contributed by atoms with Crippen LogP contribution in [0.4, 0.5) is 0 Å². The van der Waals surface area contributed by atoms with E-state index >= 15 is 0 Å².